The second-order valence-electron chi connectivity index (χ2n) is 5.64. The number of fused-ring (bicyclic) bond motifs is 1. The van der Waals surface area contributed by atoms with Gasteiger partial charge in [-0.25, -0.2) is 0 Å². The average Bonchev–Trinajstić information content (AvgIpc) is 2.97. The van der Waals surface area contributed by atoms with Crippen LogP contribution in [0.15, 0.2) is 18.2 Å². The van der Waals surface area contributed by atoms with Gasteiger partial charge in [-0.15, -0.1) is 0 Å². The van der Waals surface area contributed by atoms with E-state index in [0.29, 0.717) is 6.54 Å². The Bertz CT molecular complexity index is 428. The molecule has 2 rings (SSSR count). The molecule has 1 aliphatic rings. The van der Waals surface area contributed by atoms with E-state index in [0.717, 1.165) is 30.2 Å². The summed E-state index contributed by atoms with van der Waals surface area (Å²) in [5.74, 6) is 1.50. The monoisotopic (exact) mass is 293 g/mol. The summed E-state index contributed by atoms with van der Waals surface area (Å²) in [6.07, 6.45) is 4.24. The van der Waals surface area contributed by atoms with Crippen LogP contribution in [0.25, 0.3) is 0 Å². The van der Waals surface area contributed by atoms with Gasteiger partial charge in [0, 0.05) is 6.54 Å². The van der Waals surface area contributed by atoms with E-state index in [1.165, 1.54) is 25.7 Å². The van der Waals surface area contributed by atoms with Crippen LogP contribution in [0.4, 0.5) is 0 Å². The summed E-state index contributed by atoms with van der Waals surface area (Å²) < 4.78 is 10.7. The van der Waals surface area contributed by atoms with Crippen LogP contribution in [-0.2, 0) is 0 Å². The summed E-state index contributed by atoms with van der Waals surface area (Å²) in [4.78, 5) is 2.36. The standard InChI is InChI=1S/C17H27NO3/c1-3-5-9-18(10-6-4-2)12-15(19)14-7-8-16-17(11-14)21-13-20-16/h7-8,11,15,19H,3-6,9-10,12-13H2,1-2H3. The first-order valence-corrected chi connectivity index (χ1v) is 8.04. The molecule has 4 heteroatoms. The van der Waals surface area contributed by atoms with Crippen molar-refractivity contribution in [2.75, 3.05) is 26.4 Å². The van der Waals surface area contributed by atoms with Crippen molar-refractivity contribution in [3.8, 4) is 11.5 Å². The number of unbranched alkanes of at least 4 members (excludes halogenated alkanes) is 2. The Labute approximate surface area is 127 Å². The Balaban J connectivity index is 1.95. The van der Waals surface area contributed by atoms with Gasteiger partial charge in [-0.3, -0.25) is 0 Å². The fraction of sp³-hybridized carbons (Fsp3) is 0.647. The molecule has 0 radical (unpaired) electrons. The van der Waals surface area contributed by atoms with Gasteiger partial charge in [0.25, 0.3) is 0 Å². The summed E-state index contributed by atoms with van der Waals surface area (Å²) in [6.45, 7) is 7.46. The van der Waals surface area contributed by atoms with Crippen LogP contribution in [0.1, 0.15) is 51.2 Å². The zero-order chi connectivity index (χ0) is 15.1. The molecule has 0 spiro atoms. The molecule has 118 valence electrons. The molecular weight excluding hydrogens is 266 g/mol. The van der Waals surface area contributed by atoms with E-state index in [-0.39, 0.29) is 6.79 Å². The van der Waals surface area contributed by atoms with Gasteiger partial charge in [0.05, 0.1) is 6.10 Å². The highest BCUT2D eigenvalue weighted by atomic mass is 16.7. The summed E-state index contributed by atoms with van der Waals surface area (Å²) in [5, 5.41) is 10.5. The average molecular weight is 293 g/mol. The van der Waals surface area contributed by atoms with Crippen molar-refractivity contribution in [3.05, 3.63) is 23.8 Å². The van der Waals surface area contributed by atoms with Crippen molar-refractivity contribution >= 4 is 0 Å². The van der Waals surface area contributed by atoms with E-state index in [2.05, 4.69) is 18.7 Å². The van der Waals surface area contributed by atoms with Gasteiger partial charge in [0.2, 0.25) is 6.79 Å². The van der Waals surface area contributed by atoms with Crippen LogP contribution in [0.3, 0.4) is 0 Å². The van der Waals surface area contributed by atoms with Gasteiger partial charge in [0.1, 0.15) is 0 Å². The molecule has 1 heterocycles. The van der Waals surface area contributed by atoms with Crippen molar-refractivity contribution in [3.63, 3.8) is 0 Å². The van der Waals surface area contributed by atoms with Gasteiger partial charge in [-0.05, 0) is 43.6 Å². The van der Waals surface area contributed by atoms with Crippen LogP contribution in [0.2, 0.25) is 0 Å². The maximum absolute atomic E-state index is 10.5. The molecule has 0 aliphatic carbocycles. The molecule has 1 N–H and O–H groups in total. The van der Waals surface area contributed by atoms with E-state index < -0.39 is 6.10 Å². The minimum absolute atomic E-state index is 0.272. The van der Waals surface area contributed by atoms with E-state index in [1.807, 2.05) is 18.2 Å². The highest BCUT2D eigenvalue weighted by molar-refractivity contribution is 5.45. The molecule has 0 bridgehead atoms. The predicted octanol–water partition coefficient (Wildman–Crippen LogP) is 3.35. The molecule has 0 aromatic heterocycles. The maximum atomic E-state index is 10.5. The quantitative estimate of drug-likeness (QED) is 0.758. The Kier molecular flexibility index (Phi) is 6.33. The molecule has 4 nitrogen and oxygen atoms in total. The first-order chi connectivity index (χ1) is 10.2. The highest BCUT2D eigenvalue weighted by Crippen LogP contribution is 2.34. The summed E-state index contributed by atoms with van der Waals surface area (Å²) >= 11 is 0. The second-order valence-corrected chi connectivity index (χ2v) is 5.64. The molecule has 1 unspecified atom stereocenters. The maximum Gasteiger partial charge on any atom is 0.231 e. The number of nitrogens with zero attached hydrogens (tertiary/aromatic N) is 1. The lowest BCUT2D eigenvalue weighted by Crippen LogP contribution is -2.30. The molecule has 21 heavy (non-hydrogen) atoms. The number of aliphatic hydroxyl groups is 1. The van der Waals surface area contributed by atoms with Crippen LogP contribution in [0.5, 0.6) is 11.5 Å². The molecule has 0 saturated heterocycles. The van der Waals surface area contributed by atoms with Gasteiger partial charge in [-0.1, -0.05) is 32.8 Å². The fourth-order valence-corrected chi connectivity index (χ4v) is 2.53. The first kappa shape index (κ1) is 16.1. The SMILES string of the molecule is CCCCN(CCCC)CC(O)c1ccc2c(c1)OCO2. The van der Waals surface area contributed by atoms with E-state index in [4.69, 9.17) is 9.47 Å². The number of rotatable bonds is 9. The zero-order valence-electron chi connectivity index (χ0n) is 13.2. The Morgan fingerprint density at radius 1 is 1.10 bits per heavy atom. The topological polar surface area (TPSA) is 41.9 Å². The van der Waals surface area contributed by atoms with Gasteiger partial charge >= 0.3 is 0 Å². The molecule has 0 saturated carbocycles. The van der Waals surface area contributed by atoms with Crippen molar-refractivity contribution in [1.29, 1.82) is 0 Å². The van der Waals surface area contributed by atoms with Gasteiger partial charge in [-0.2, -0.15) is 0 Å². The van der Waals surface area contributed by atoms with E-state index in [1.54, 1.807) is 0 Å². The lowest BCUT2D eigenvalue weighted by molar-refractivity contribution is 0.111. The number of ether oxygens (including phenoxy) is 2. The molecule has 0 amide bonds. The molecule has 1 aromatic carbocycles. The molecule has 0 fully saturated rings. The largest absolute Gasteiger partial charge is 0.454 e. The van der Waals surface area contributed by atoms with Crippen molar-refractivity contribution in [1.82, 2.24) is 4.90 Å². The van der Waals surface area contributed by atoms with Gasteiger partial charge < -0.3 is 19.5 Å². The second kappa shape index (κ2) is 8.25. The third-order valence-electron chi connectivity index (χ3n) is 3.87. The van der Waals surface area contributed by atoms with Crippen LogP contribution < -0.4 is 9.47 Å². The third kappa shape index (κ3) is 4.61. The van der Waals surface area contributed by atoms with Crippen LogP contribution in [0, 0.1) is 0 Å². The minimum Gasteiger partial charge on any atom is -0.454 e. The zero-order valence-corrected chi connectivity index (χ0v) is 13.2. The number of hydrogen-bond donors (Lipinski definition) is 1. The molecule has 1 aromatic rings. The molecular formula is C17H27NO3. The third-order valence-corrected chi connectivity index (χ3v) is 3.87. The van der Waals surface area contributed by atoms with Crippen molar-refractivity contribution < 1.29 is 14.6 Å². The Hall–Kier alpha value is -1.26. The number of benzene rings is 1. The van der Waals surface area contributed by atoms with Crippen molar-refractivity contribution in [2.24, 2.45) is 0 Å². The Morgan fingerprint density at radius 3 is 2.43 bits per heavy atom. The summed E-state index contributed by atoms with van der Waals surface area (Å²) in [7, 11) is 0. The first-order valence-electron chi connectivity index (χ1n) is 8.04. The normalized spacial score (nSPS) is 14.7. The van der Waals surface area contributed by atoms with Crippen LogP contribution in [-0.4, -0.2) is 36.4 Å². The van der Waals surface area contributed by atoms with Crippen LogP contribution >= 0.6 is 0 Å². The number of aliphatic hydroxyl groups excluding tert-OH is 1. The Morgan fingerprint density at radius 2 is 1.76 bits per heavy atom. The molecule has 1 atom stereocenters. The summed E-state index contributed by atoms with van der Waals surface area (Å²) in [6, 6.07) is 5.70. The van der Waals surface area contributed by atoms with Gasteiger partial charge in [0.15, 0.2) is 11.5 Å². The lowest BCUT2D eigenvalue weighted by atomic mass is 10.1. The highest BCUT2D eigenvalue weighted by Gasteiger charge is 2.18. The van der Waals surface area contributed by atoms with Crippen molar-refractivity contribution in [2.45, 2.75) is 45.6 Å². The number of hydrogen-bond acceptors (Lipinski definition) is 4. The summed E-state index contributed by atoms with van der Waals surface area (Å²) in [5.41, 5.74) is 0.900. The fourth-order valence-electron chi connectivity index (χ4n) is 2.53. The van der Waals surface area contributed by atoms with E-state index in [9.17, 15) is 5.11 Å². The van der Waals surface area contributed by atoms with E-state index >= 15 is 0 Å². The predicted molar refractivity (Wildman–Crippen MR) is 83.8 cm³/mol. The lowest BCUT2D eigenvalue weighted by Gasteiger charge is -2.25. The molecule has 1 aliphatic heterocycles. The minimum atomic E-state index is -0.479. The smallest absolute Gasteiger partial charge is 0.231 e.